The zero-order valence-corrected chi connectivity index (χ0v) is 39.6. The minimum absolute atomic E-state index is 0.129. The summed E-state index contributed by atoms with van der Waals surface area (Å²) in [4.78, 5) is 60.9. The van der Waals surface area contributed by atoms with E-state index in [0.717, 1.165) is 65.9 Å². The van der Waals surface area contributed by atoms with E-state index in [1.165, 1.54) is 30.3 Å². The third kappa shape index (κ3) is 10.3. The standard InChI is InChI=1S/C51H64N8O8/c1-32(2)45(56-51(61)65-6)50(60)58-25-11-14-43(58)48-52-30-40(54-48)35-17-15-34(16-18-35)37-19-20-39(47(67-29-27-64-5)46(37)66-28-26-63-4)41-31-53-49(55-41)44-22-21-42(59(44)62)38-13-8-7-12-36(38)33(3)57-23-9-10-24-57/h7-8,12-13,15-20,30-33,42-45H,9-11,14,21-29H2,1-6H3,(H2-,52,53,54,55,56,61)/p+1. The van der Waals surface area contributed by atoms with Crippen molar-refractivity contribution in [1.29, 1.82) is 0 Å². The number of amides is 2. The zero-order chi connectivity index (χ0) is 47.0. The van der Waals surface area contributed by atoms with Gasteiger partial charge in [0.05, 0.1) is 50.1 Å². The Bertz CT molecular complexity index is 2480. The van der Waals surface area contributed by atoms with Gasteiger partial charge in [0.25, 0.3) is 6.04 Å². The molecule has 5 atom stereocenters. The monoisotopic (exact) mass is 917 g/mol. The summed E-state index contributed by atoms with van der Waals surface area (Å²) in [6, 6.07) is 19.1. The Balaban J connectivity index is 1.04. The van der Waals surface area contributed by atoms with Crippen LogP contribution >= 0.6 is 0 Å². The van der Waals surface area contributed by atoms with Crippen molar-refractivity contribution in [1.82, 2.24) is 35.1 Å². The number of carbonyl (C=O) groups is 2. The van der Waals surface area contributed by atoms with Crippen LogP contribution in [0.5, 0.6) is 11.5 Å². The van der Waals surface area contributed by atoms with Gasteiger partial charge in [-0.05, 0) is 80.4 Å². The largest absolute Gasteiger partial charge is 0.487 e. The molecule has 3 aliphatic heterocycles. The molecule has 0 saturated carbocycles. The number of ether oxygens (including phenoxy) is 5. The minimum atomic E-state index is -0.715. The molecule has 356 valence electrons. The highest BCUT2D eigenvalue weighted by atomic mass is 16.6. The quantitative estimate of drug-likeness (QED) is 0.0534. The Morgan fingerprint density at radius 1 is 0.731 bits per heavy atom. The van der Waals surface area contributed by atoms with Crippen LogP contribution in [-0.4, -0.2) is 120 Å². The summed E-state index contributed by atoms with van der Waals surface area (Å²) in [5.41, 5.74) is 7.22. The second-order valence-electron chi connectivity index (χ2n) is 18.0. The molecule has 67 heavy (non-hydrogen) atoms. The fourth-order valence-corrected chi connectivity index (χ4v) is 9.92. The molecule has 2 aromatic heterocycles. The van der Waals surface area contributed by atoms with Gasteiger partial charge in [0.15, 0.2) is 17.3 Å². The van der Waals surface area contributed by atoms with E-state index in [1.807, 2.05) is 56.3 Å². The highest BCUT2D eigenvalue weighted by Crippen LogP contribution is 2.47. The summed E-state index contributed by atoms with van der Waals surface area (Å²) in [6.45, 7) is 10.1. The Labute approximate surface area is 392 Å². The fraction of sp³-hybridized carbons (Fsp3) is 0.490. The van der Waals surface area contributed by atoms with Gasteiger partial charge in [0, 0.05) is 66.0 Å². The number of nitrogens with zero attached hydrogens (tertiary/aromatic N) is 5. The number of imidazole rings is 2. The SMILES string of the molecule is COCCOc1c(-c2ccc(-c3cnc(C4CCCN4C(=O)C(NC(=O)OC)C(C)C)[nH]3)cc2)ccc(-c2cnc(C3CCC(c4ccccc4C(C)N4CCCC4)[N+]3=O)[nH]2)c1OCCOC. The molecule has 0 radical (unpaired) electrons. The number of benzene rings is 3. The molecule has 16 heteroatoms. The van der Waals surface area contributed by atoms with Crippen LogP contribution in [0.3, 0.4) is 0 Å². The summed E-state index contributed by atoms with van der Waals surface area (Å²) in [6.07, 6.45) is 8.34. The number of aromatic nitrogens is 4. The lowest BCUT2D eigenvalue weighted by Gasteiger charge is -2.30. The number of nitroso groups, excluding NO2 is 1. The van der Waals surface area contributed by atoms with E-state index in [0.29, 0.717) is 55.0 Å². The third-order valence-corrected chi connectivity index (χ3v) is 13.5. The van der Waals surface area contributed by atoms with Gasteiger partial charge in [-0.1, -0.05) is 62.4 Å². The lowest BCUT2D eigenvalue weighted by atomic mass is 9.94. The first-order valence-corrected chi connectivity index (χ1v) is 23.7. The molecule has 8 rings (SSSR count). The summed E-state index contributed by atoms with van der Waals surface area (Å²) in [5, 5.41) is 2.71. The normalized spacial score (nSPS) is 19.5. The van der Waals surface area contributed by atoms with Crippen LogP contribution in [0.4, 0.5) is 4.79 Å². The van der Waals surface area contributed by atoms with Gasteiger partial charge in [-0.3, -0.25) is 9.69 Å². The first-order valence-electron chi connectivity index (χ1n) is 23.7. The number of methoxy groups -OCH3 is 3. The van der Waals surface area contributed by atoms with Crippen LogP contribution in [-0.2, 0) is 19.0 Å². The topological polar surface area (TPSA) is 176 Å². The number of aromatic amines is 2. The molecule has 2 amide bonds. The van der Waals surface area contributed by atoms with Crippen molar-refractivity contribution in [2.24, 2.45) is 5.92 Å². The smallest absolute Gasteiger partial charge is 0.407 e. The van der Waals surface area contributed by atoms with Gasteiger partial charge in [-0.15, -0.1) is 0 Å². The van der Waals surface area contributed by atoms with Crippen molar-refractivity contribution in [2.75, 3.05) is 67.4 Å². The predicted molar refractivity (Wildman–Crippen MR) is 254 cm³/mol. The highest BCUT2D eigenvalue weighted by molar-refractivity contribution is 5.86. The number of likely N-dealkylation sites (tertiary alicyclic amines) is 2. The predicted octanol–water partition coefficient (Wildman–Crippen LogP) is 8.74. The average Bonchev–Trinajstić information content (AvgIpc) is 4.21. The molecule has 3 N–H and O–H groups in total. The first-order chi connectivity index (χ1) is 32.6. The van der Waals surface area contributed by atoms with E-state index in [-0.39, 0.29) is 43.2 Å². The first kappa shape index (κ1) is 47.4. The van der Waals surface area contributed by atoms with E-state index in [4.69, 9.17) is 33.7 Å². The van der Waals surface area contributed by atoms with Crippen LogP contribution in [0.1, 0.15) is 106 Å². The van der Waals surface area contributed by atoms with Crippen molar-refractivity contribution in [3.8, 4) is 45.1 Å². The van der Waals surface area contributed by atoms with Gasteiger partial charge >= 0.3 is 6.09 Å². The van der Waals surface area contributed by atoms with Gasteiger partial charge in [-0.2, -0.15) is 0 Å². The number of hydrogen-bond donors (Lipinski definition) is 3. The van der Waals surface area contributed by atoms with Gasteiger partial charge in [0.1, 0.15) is 25.1 Å². The lowest BCUT2D eigenvalue weighted by Crippen LogP contribution is -2.51. The van der Waals surface area contributed by atoms with Gasteiger partial charge < -0.3 is 43.9 Å². The van der Waals surface area contributed by atoms with Crippen molar-refractivity contribution < 1.29 is 38.0 Å². The van der Waals surface area contributed by atoms with Gasteiger partial charge in [-0.25, -0.2) is 14.8 Å². The molecular formula is C51H65N8O8+. The van der Waals surface area contributed by atoms with Gasteiger partial charge in [0.2, 0.25) is 11.9 Å². The number of alkyl carbamates (subject to hydrolysis) is 1. The van der Waals surface area contributed by atoms with Crippen LogP contribution in [0.15, 0.2) is 73.1 Å². The second kappa shape index (κ2) is 21.7. The molecular weight excluding hydrogens is 853 g/mol. The molecule has 0 aliphatic carbocycles. The van der Waals surface area contributed by atoms with E-state index in [1.54, 1.807) is 31.5 Å². The Kier molecular flexibility index (Phi) is 15.3. The molecule has 0 spiro atoms. The number of rotatable bonds is 19. The second-order valence-corrected chi connectivity index (χ2v) is 18.0. The highest BCUT2D eigenvalue weighted by Gasteiger charge is 2.46. The minimum Gasteiger partial charge on any atom is -0.487 e. The molecule has 3 saturated heterocycles. The summed E-state index contributed by atoms with van der Waals surface area (Å²) >= 11 is 0. The third-order valence-electron chi connectivity index (χ3n) is 13.5. The van der Waals surface area contributed by atoms with E-state index >= 15 is 0 Å². The van der Waals surface area contributed by atoms with E-state index < -0.39 is 18.2 Å². The van der Waals surface area contributed by atoms with Crippen LogP contribution in [0.25, 0.3) is 33.6 Å². The summed E-state index contributed by atoms with van der Waals surface area (Å²) in [7, 11) is 4.56. The molecule has 5 aromatic rings. The average molecular weight is 918 g/mol. The van der Waals surface area contributed by atoms with Crippen molar-refractivity contribution in [3.05, 3.63) is 101 Å². The van der Waals surface area contributed by atoms with E-state index in [2.05, 4.69) is 45.3 Å². The number of H-pyrrole nitrogens is 2. The van der Waals surface area contributed by atoms with E-state index in [9.17, 15) is 14.5 Å². The zero-order valence-electron chi connectivity index (χ0n) is 39.6. The fourth-order valence-electron chi connectivity index (χ4n) is 9.92. The molecule has 5 heterocycles. The molecule has 3 fully saturated rings. The van der Waals surface area contributed by atoms with Crippen LogP contribution in [0.2, 0.25) is 0 Å². The molecule has 16 nitrogen and oxygen atoms in total. The number of carbonyl (C=O) groups excluding carboxylic acids is 2. The molecule has 5 unspecified atom stereocenters. The van der Waals surface area contributed by atoms with Crippen molar-refractivity contribution in [2.45, 2.75) is 89.5 Å². The molecule has 3 aromatic carbocycles. The number of hydrogen-bond acceptors (Lipinski definition) is 11. The Hall–Kier alpha value is -6.10. The maximum Gasteiger partial charge on any atom is 0.407 e. The maximum absolute atomic E-state index is 14.2. The van der Waals surface area contributed by atoms with Crippen LogP contribution < -0.4 is 14.8 Å². The Morgan fingerprint density at radius 2 is 1.36 bits per heavy atom. The summed E-state index contributed by atoms with van der Waals surface area (Å²) < 4.78 is 29.8. The maximum atomic E-state index is 14.2. The number of nitrogens with one attached hydrogen (secondary N) is 3. The van der Waals surface area contributed by atoms with Crippen LogP contribution in [0, 0.1) is 10.8 Å². The Morgan fingerprint density at radius 3 is 2.06 bits per heavy atom. The van der Waals surface area contributed by atoms with Crippen molar-refractivity contribution >= 4 is 12.0 Å². The summed E-state index contributed by atoms with van der Waals surface area (Å²) in [5.74, 6) is 2.09. The molecule has 3 aliphatic rings. The van der Waals surface area contributed by atoms with Crippen molar-refractivity contribution in [3.63, 3.8) is 0 Å². The lowest BCUT2D eigenvalue weighted by molar-refractivity contribution is -0.611. The molecule has 0 bridgehead atoms.